The SMILES string of the molecule is Oc1c(Cc2ccccc2)nc2c(-c3cccs3)nc(-c3cccs3)cn12. The van der Waals surface area contributed by atoms with Gasteiger partial charge in [-0.25, -0.2) is 9.97 Å². The minimum Gasteiger partial charge on any atom is -0.493 e. The second-order valence-corrected chi connectivity index (χ2v) is 8.06. The Morgan fingerprint density at radius 3 is 2.30 bits per heavy atom. The topological polar surface area (TPSA) is 50.4 Å². The number of imidazole rings is 1. The number of aromatic hydroxyl groups is 1. The summed E-state index contributed by atoms with van der Waals surface area (Å²) in [6, 6.07) is 18.1. The molecule has 0 spiro atoms. The predicted octanol–water partition coefficient (Wildman–Crippen LogP) is 5.48. The molecule has 27 heavy (non-hydrogen) atoms. The number of rotatable bonds is 4. The van der Waals surface area contributed by atoms with Crippen LogP contribution in [0.4, 0.5) is 0 Å². The molecule has 0 aliphatic carbocycles. The van der Waals surface area contributed by atoms with Crippen molar-refractivity contribution in [3.63, 3.8) is 0 Å². The third-order valence-corrected chi connectivity index (χ3v) is 6.16. The first-order chi connectivity index (χ1) is 13.3. The van der Waals surface area contributed by atoms with E-state index in [0.29, 0.717) is 17.8 Å². The molecule has 0 atom stereocenters. The van der Waals surface area contributed by atoms with Gasteiger partial charge in [0, 0.05) is 12.6 Å². The molecule has 4 nitrogen and oxygen atoms in total. The van der Waals surface area contributed by atoms with Gasteiger partial charge in [0.05, 0.1) is 15.4 Å². The normalized spacial score (nSPS) is 11.3. The molecule has 0 amide bonds. The van der Waals surface area contributed by atoms with Gasteiger partial charge in [0.2, 0.25) is 5.88 Å². The van der Waals surface area contributed by atoms with E-state index in [9.17, 15) is 5.11 Å². The molecular weight excluding hydrogens is 374 g/mol. The Balaban J connectivity index is 1.72. The summed E-state index contributed by atoms with van der Waals surface area (Å²) in [7, 11) is 0. The number of thiophene rings is 2. The molecule has 4 aromatic heterocycles. The molecule has 4 heterocycles. The van der Waals surface area contributed by atoms with E-state index in [2.05, 4.69) is 0 Å². The Morgan fingerprint density at radius 2 is 1.59 bits per heavy atom. The third kappa shape index (κ3) is 2.93. The molecule has 0 bridgehead atoms. The van der Waals surface area contributed by atoms with Crippen LogP contribution >= 0.6 is 22.7 Å². The molecule has 1 N–H and O–H groups in total. The maximum absolute atomic E-state index is 10.9. The van der Waals surface area contributed by atoms with E-state index in [1.807, 2.05) is 71.6 Å². The van der Waals surface area contributed by atoms with Gasteiger partial charge in [-0.15, -0.1) is 22.7 Å². The minimum atomic E-state index is 0.173. The zero-order chi connectivity index (χ0) is 18.2. The van der Waals surface area contributed by atoms with Crippen LogP contribution in [0, 0.1) is 0 Å². The van der Waals surface area contributed by atoms with Crippen molar-refractivity contribution in [3.8, 4) is 27.0 Å². The van der Waals surface area contributed by atoms with Crippen molar-refractivity contribution >= 4 is 28.3 Å². The Bertz CT molecular complexity index is 1190. The summed E-state index contributed by atoms with van der Waals surface area (Å²) < 4.78 is 1.76. The molecule has 1 aromatic carbocycles. The summed E-state index contributed by atoms with van der Waals surface area (Å²) in [4.78, 5) is 11.7. The Hall–Kier alpha value is -2.96. The first-order valence-electron chi connectivity index (χ1n) is 8.52. The molecule has 0 fully saturated rings. The maximum atomic E-state index is 10.9. The number of fused-ring (bicyclic) bond motifs is 1. The minimum absolute atomic E-state index is 0.173. The van der Waals surface area contributed by atoms with Crippen LogP contribution in [-0.2, 0) is 6.42 Å². The summed E-state index contributed by atoms with van der Waals surface area (Å²) in [5, 5.41) is 14.9. The van der Waals surface area contributed by atoms with E-state index < -0.39 is 0 Å². The van der Waals surface area contributed by atoms with E-state index in [0.717, 1.165) is 26.7 Å². The molecule has 0 radical (unpaired) electrons. The van der Waals surface area contributed by atoms with Crippen LogP contribution in [0.3, 0.4) is 0 Å². The van der Waals surface area contributed by atoms with Gasteiger partial charge in [0.1, 0.15) is 11.4 Å². The third-order valence-electron chi connectivity index (χ3n) is 4.39. The maximum Gasteiger partial charge on any atom is 0.219 e. The highest BCUT2D eigenvalue weighted by Gasteiger charge is 2.19. The Kier molecular flexibility index (Phi) is 3.99. The number of hydrogen-bond donors (Lipinski definition) is 1. The highest BCUT2D eigenvalue weighted by Crippen LogP contribution is 2.34. The van der Waals surface area contributed by atoms with Crippen molar-refractivity contribution in [3.05, 3.63) is 82.8 Å². The van der Waals surface area contributed by atoms with Crippen LogP contribution in [0.25, 0.3) is 26.8 Å². The van der Waals surface area contributed by atoms with Crippen LogP contribution < -0.4 is 0 Å². The van der Waals surface area contributed by atoms with Crippen LogP contribution in [0.15, 0.2) is 71.6 Å². The first-order valence-corrected chi connectivity index (χ1v) is 10.3. The average Bonchev–Trinajstić information content (AvgIpc) is 3.45. The Morgan fingerprint density at radius 1 is 0.852 bits per heavy atom. The zero-order valence-electron chi connectivity index (χ0n) is 14.2. The fourth-order valence-electron chi connectivity index (χ4n) is 3.11. The van der Waals surface area contributed by atoms with Crippen LogP contribution in [0.2, 0.25) is 0 Å². The lowest BCUT2D eigenvalue weighted by Gasteiger charge is -2.05. The summed E-state index contributed by atoms with van der Waals surface area (Å²) >= 11 is 3.25. The number of benzene rings is 1. The second kappa shape index (κ2) is 6.64. The van der Waals surface area contributed by atoms with E-state index in [1.54, 1.807) is 27.1 Å². The molecule has 0 saturated carbocycles. The van der Waals surface area contributed by atoms with Crippen molar-refractivity contribution in [2.45, 2.75) is 6.42 Å². The smallest absolute Gasteiger partial charge is 0.219 e. The van der Waals surface area contributed by atoms with Crippen molar-refractivity contribution in [2.75, 3.05) is 0 Å². The Labute approximate surface area is 164 Å². The highest BCUT2D eigenvalue weighted by atomic mass is 32.1. The molecule has 5 rings (SSSR count). The predicted molar refractivity (Wildman–Crippen MR) is 111 cm³/mol. The monoisotopic (exact) mass is 389 g/mol. The molecule has 0 aliphatic heterocycles. The first kappa shape index (κ1) is 16.2. The van der Waals surface area contributed by atoms with Gasteiger partial charge in [-0.05, 0) is 28.5 Å². The van der Waals surface area contributed by atoms with Gasteiger partial charge >= 0.3 is 0 Å². The highest BCUT2D eigenvalue weighted by molar-refractivity contribution is 7.14. The quantitative estimate of drug-likeness (QED) is 0.443. The number of aromatic nitrogens is 3. The van der Waals surface area contributed by atoms with Gasteiger partial charge in [-0.1, -0.05) is 42.5 Å². The van der Waals surface area contributed by atoms with Crippen molar-refractivity contribution in [2.24, 2.45) is 0 Å². The fraction of sp³-hybridized carbons (Fsp3) is 0.0476. The van der Waals surface area contributed by atoms with Gasteiger partial charge in [-0.2, -0.15) is 0 Å². The van der Waals surface area contributed by atoms with Gasteiger partial charge in [0.15, 0.2) is 5.65 Å². The van der Waals surface area contributed by atoms with Gasteiger partial charge in [0.25, 0.3) is 0 Å². The van der Waals surface area contributed by atoms with E-state index in [4.69, 9.17) is 9.97 Å². The fourth-order valence-corrected chi connectivity index (χ4v) is 4.50. The van der Waals surface area contributed by atoms with Crippen LogP contribution in [0.1, 0.15) is 11.3 Å². The van der Waals surface area contributed by atoms with Gasteiger partial charge < -0.3 is 5.11 Å². The molecule has 6 heteroatoms. The van der Waals surface area contributed by atoms with Crippen LogP contribution in [0.5, 0.6) is 5.88 Å². The summed E-state index contributed by atoms with van der Waals surface area (Å²) in [6.45, 7) is 0. The van der Waals surface area contributed by atoms with Crippen LogP contribution in [-0.4, -0.2) is 19.5 Å². The average molecular weight is 390 g/mol. The standard InChI is InChI=1S/C21H15N3OS2/c25-21-15(12-14-6-2-1-3-7-14)23-20-19(18-9-5-11-27-18)22-16(13-24(20)21)17-8-4-10-26-17/h1-11,13,25H,12H2. The summed E-state index contributed by atoms with van der Waals surface area (Å²) in [5.41, 5.74) is 4.08. The lowest BCUT2D eigenvalue weighted by molar-refractivity contribution is 0.442. The van der Waals surface area contributed by atoms with Crippen molar-refractivity contribution < 1.29 is 5.11 Å². The molecule has 0 saturated heterocycles. The molecule has 5 aromatic rings. The number of nitrogens with zero attached hydrogens (tertiary/aromatic N) is 3. The molecular formula is C21H15N3OS2. The second-order valence-electron chi connectivity index (χ2n) is 6.17. The van der Waals surface area contributed by atoms with E-state index in [1.165, 1.54) is 0 Å². The lowest BCUT2D eigenvalue weighted by Crippen LogP contribution is -1.94. The molecule has 0 aliphatic rings. The molecule has 132 valence electrons. The molecule has 0 unspecified atom stereocenters. The van der Waals surface area contributed by atoms with E-state index in [-0.39, 0.29) is 5.88 Å². The summed E-state index contributed by atoms with van der Waals surface area (Å²) in [5.74, 6) is 0.173. The van der Waals surface area contributed by atoms with E-state index >= 15 is 0 Å². The largest absolute Gasteiger partial charge is 0.493 e. The lowest BCUT2D eigenvalue weighted by atomic mass is 10.1. The van der Waals surface area contributed by atoms with Gasteiger partial charge in [-0.3, -0.25) is 4.40 Å². The van der Waals surface area contributed by atoms with Crippen molar-refractivity contribution in [1.82, 2.24) is 14.4 Å². The zero-order valence-corrected chi connectivity index (χ0v) is 15.9. The number of hydrogen-bond acceptors (Lipinski definition) is 5. The summed E-state index contributed by atoms with van der Waals surface area (Å²) in [6.07, 6.45) is 2.45. The van der Waals surface area contributed by atoms with Crippen molar-refractivity contribution in [1.29, 1.82) is 0 Å².